The summed E-state index contributed by atoms with van der Waals surface area (Å²) in [6, 6.07) is 7.22. The summed E-state index contributed by atoms with van der Waals surface area (Å²) < 4.78 is 42.3. The summed E-state index contributed by atoms with van der Waals surface area (Å²) in [5.74, 6) is -0.981. The van der Waals surface area contributed by atoms with E-state index in [-0.39, 0.29) is 24.7 Å². The van der Waals surface area contributed by atoms with Crippen LogP contribution >= 0.6 is 22.9 Å². The Morgan fingerprint density at radius 1 is 1.33 bits per heavy atom. The molecule has 1 aromatic heterocycles. The van der Waals surface area contributed by atoms with Crippen LogP contribution < -0.4 is 9.62 Å². The van der Waals surface area contributed by atoms with Crippen molar-refractivity contribution in [2.45, 2.75) is 25.4 Å². The highest BCUT2D eigenvalue weighted by Crippen LogP contribution is 2.29. The third kappa shape index (κ3) is 5.28. The van der Waals surface area contributed by atoms with Crippen molar-refractivity contribution in [3.8, 4) is 0 Å². The number of thiophene rings is 1. The van der Waals surface area contributed by atoms with Crippen molar-refractivity contribution < 1.29 is 17.6 Å². The van der Waals surface area contributed by atoms with Crippen LogP contribution in [0.1, 0.15) is 29.8 Å². The van der Waals surface area contributed by atoms with Gasteiger partial charge in [0.2, 0.25) is 15.9 Å². The van der Waals surface area contributed by atoms with Crippen LogP contribution in [-0.4, -0.2) is 45.9 Å². The highest BCUT2D eigenvalue weighted by atomic mass is 35.5. The van der Waals surface area contributed by atoms with Crippen LogP contribution in [0.25, 0.3) is 6.08 Å². The maximum absolute atomic E-state index is 14.7. The van der Waals surface area contributed by atoms with Gasteiger partial charge in [0.25, 0.3) is 0 Å². The fraction of sp³-hybridized carbons (Fsp3) is 0.350. The summed E-state index contributed by atoms with van der Waals surface area (Å²) in [4.78, 5) is 16.6. The van der Waals surface area contributed by atoms with Crippen molar-refractivity contribution in [3.63, 3.8) is 0 Å². The normalized spacial score (nSPS) is 18.7. The number of amides is 1. The van der Waals surface area contributed by atoms with Crippen molar-refractivity contribution in [2.24, 2.45) is 0 Å². The predicted octanol–water partition coefficient (Wildman–Crippen LogP) is 3.86. The first-order chi connectivity index (χ1) is 14.1. The van der Waals surface area contributed by atoms with Crippen LogP contribution in [0.5, 0.6) is 0 Å². The second kappa shape index (κ2) is 9.15. The van der Waals surface area contributed by atoms with E-state index in [1.165, 1.54) is 28.4 Å². The number of nitrogens with one attached hydrogen (secondary N) is 1. The Labute approximate surface area is 185 Å². The number of carbonyl (C=O) groups is 1. The van der Waals surface area contributed by atoms with Crippen LogP contribution in [0, 0.1) is 5.82 Å². The van der Waals surface area contributed by atoms with E-state index in [0.717, 1.165) is 11.0 Å². The molecule has 30 heavy (non-hydrogen) atoms. The van der Waals surface area contributed by atoms with Crippen molar-refractivity contribution in [3.05, 3.63) is 56.3 Å². The van der Waals surface area contributed by atoms with E-state index in [9.17, 15) is 17.6 Å². The summed E-state index contributed by atoms with van der Waals surface area (Å²) in [6.45, 7) is 2.19. The number of hydrogen-bond donors (Lipinski definition) is 1. The van der Waals surface area contributed by atoms with Crippen molar-refractivity contribution in [1.29, 1.82) is 0 Å². The molecule has 1 amide bonds. The zero-order valence-corrected chi connectivity index (χ0v) is 19.2. The van der Waals surface area contributed by atoms with Gasteiger partial charge in [-0.2, -0.15) is 4.72 Å². The van der Waals surface area contributed by atoms with Gasteiger partial charge in [0, 0.05) is 22.9 Å². The van der Waals surface area contributed by atoms with E-state index in [2.05, 4.69) is 4.72 Å². The minimum absolute atomic E-state index is 0.0207. The lowest BCUT2D eigenvalue weighted by Crippen LogP contribution is -2.40. The summed E-state index contributed by atoms with van der Waals surface area (Å²) >= 11 is 7.08. The number of sulfonamides is 1. The molecule has 1 aliphatic heterocycles. The lowest BCUT2D eigenvalue weighted by atomic mass is 10.1. The first-order valence-corrected chi connectivity index (χ1v) is 12.0. The SMILES string of the molecule is CC(c1ccc(N2CCC(NS(=O)(=O)/C=C/c3ccc(Cl)s3)C2=O)c(F)c1)N(C)C. The average molecular weight is 472 g/mol. The van der Waals surface area contributed by atoms with Crippen LogP contribution in [0.15, 0.2) is 35.7 Å². The molecular formula is C20H23ClFN3O3S2. The Hall–Kier alpha value is -1.78. The smallest absolute Gasteiger partial charge is 0.245 e. The molecule has 1 aromatic carbocycles. The summed E-state index contributed by atoms with van der Waals surface area (Å²) in [7, 11) is -0.0409. The van der Waals surface area contributed by atoms with E-state index in [4.69, 9.17) is 11.6 Å². The van der Waals surface area contributed by atoms with E-state index < -0.39 is 27.8 Å². The lowest BCUT2D eigenvalue weighted by molar-refractivity contribution is -0.118. The molecule has 1 aliphatic rings. The minimum atomic E-state index is -3.84. The van der Waals surface area contributed by atoms with Gasteiger partial charge in [0.1, 0.15) is 11.9 Å². The van der Waals surface area contributed by atoms with Gasteiger partial charge in [-0.3, -0.25) is 4.79 Å². The number of nitrogens with zero attached hydrogens (tertiary/aromatic N) is 2. The number of hydrogen-bond acceptors (Lipinski definition) is 5. The zero-order chi connectivity index (χ0) is 22.1. The fourth-order valence-electron chi connectivity index (χ4n) is 3.14. The molecule has 0 radical (unpaired) electrons. The molecule has 2 atom stereocenters. The minimum Gasteiger partial charge on any atom is -0.308 e. The summed E-state index contributed by atoms with van der Waals surface area (Å²) in [5, 5.41) is 1.00. The third-order valence-corrected chi connectivity index (χ3v) is 7.34. The zero-order valence-electron chi connectivity index (χ0n) is 16.8. The van der Waals surface area contributed by atoms with Gasteiger partial charge in [0.15, 0.2) is 0 Å². The molecule has 1 fully saturated rings. The Balaban J connectivity index is 1.70. The van der Waals surface area contributed by atoms with E-state index >= 15 is 0 Å². The Morgan fingerprint density at radius 3 is 2.67 bits per heavy atom. The predicted molar refractivity (Wildman–Crippen MR) is 120 cm³/mol. The molecule has 0 aliphatic carbocycles. The Bertz CT molecular complexity index is 1070. The van der Waals surface area contributed by atoms with E-state index in [0.29, 0.717) is 9.21 Å². The highest BCUT2D eigenvalue weighted by molar-refractivity contribution is 7.92. The topological polar surface area (TPSA) is 69.7 Å². The first kappa shape index (κ1) is 22.9. The molecule has 0 spiro atoms. The molecule has 1 N–H and O–H groups in total. The molecule has 10 heteroatoms. The molecule has 0 saturated carbocycles. The van der Waals surface area contributed by atoms with Gasteiger partial charge in [-0.15, -0.1) is 11.3 Å². The molecule has 2 aromatic rings. The lowest BCUT2D eigenvalue weighted by Gasteiger charge is -2.22. The second-order valence-electron chi connectivity index (χ2n) is 7.29. The van der Waals surface area contributed by atoms with Gasteiger partial charge < -0.3 is 9.80 Å². The standard InChI is InChI=1S/C20H23ClFN3O3S2/c1-13(24(2)3)14-4-6-18(16(22)12-14)25-10-8-17(20(25)26)23-30(27,28)11-9-15-5-7-19(21)29-15/h4-7,9,11-13,17,23H,8,10H2,1-3H3/b11-9+. The summed E-state index contributed by atoms with van der Waals surface area (Å²) in [5.41, 5.74) is 0.948. The summed E-state index contributed by atoms with van der Waals surface area (Å²) in [6.07, 6.45) is 1.67. The Morgan fingerprint density at radius 2 is 2.07 bits per heavy atom. The second-order valence-corrected chi connectivity index (χ2v) is 10.6. The molecular weight excluding hydrogens is 449 g/mol. The van der Waals surface area contributed by atoms with Crippen LogP contribution in [0.3, 0.4) is 0 Å². The molecule has 0 bridgehead atoms. The van der Waals surface area contributed by atoms with Gasteiger partial charge in [-0.25, -0.2) is 12.8 Å². The van der Waals surface area contributed by atoms with Crippen LogP contribution in [0.2, 0.25) is 4.34 Å². The first-order valence-electron chi connectivity index (χ1n) is 9.30. The van der Waals surface area contributed by atoms with Crippen molar-refractivity contribution >= 4 is 50.6 Å². The fourth-order valence-corrected chi connectivity index (χ4v) is 5.21. The van der Waals surface area contributed by atoms with Gasteiger partial charge in [-0.1, -0.05) is 17.7 Å². The maximum Gasteiger partial charge on any atom is 0.245 e. The van der Waals surface area contributed by atoms with Crippen LogP contribution in [-0.2, 0) is 14.8 Å². The third-order valence-electron chi connectivity index (χ3n) is 5.04. The molecule has 1 saturated heterocycles. The number of anilines is 1. The number of rotatable bonds is 7. The van der Waals surface area contributed by atoms with Crippen molar-refractivity contribution in [1.82, 2.24) is 9.62 Å². The van der Waals surface area contributed by atoms with Gasteiger partial charge in [0.05, 0.1) is 10.0 Å². The van der Waals surface area contributed by atoms with Crippen LogP contribution in [0.4, 0.5) is 10.1 Å². The molecule has 6 nitrogen and oxygen atoms in total. The number of benzene rings is 1. The Kier molecular flexibility index (Phi) is 6.98. The monoisotopic (exact) mass is 471 g/mol. The molecule has 2 unspecified atom stereocenters. The molecule has 3 rings (SSSR count). The van der Waals surface area contributed by atoms with Gasteiger partial charge in [-0.05, 0) is 63.3 Å². The average Bonchev–Trinajstić information content (AvgIpc) is 3.25. The maximum atomic E-state index is 14.7. The molecule has 162 valence electrons. The van der Waals surface area contributed by atoms with E-state index in [1.807, 2.05) is 25.9 Å². The number of carbonyl (C=O) groups excluding carboxylic acids is 1. The van der Waals surface area contributed by atoms with Gasteiger partial charge >= 0.3 is 0 Å². The largest absolute Gasteiger partial charge is 0.308 e. The molecule has 2 heterocycles. The van der Waals surface area contributed by atoms with E-state index in [1.54, 1.807) is 24.3 Å². The quantitative estimate of drug-likeness (QED) is 0.665. The number of halogens is 2. The van der Waals surface area contributed by atoms with Crippen molar-refractivity contribution in [2.75, 3.05) is 25.5 Å². The highest BCUT2D eigenvalue weighted by Gasteiger charge is 2.36.